The molecule has 2 aromatic rings. The fraction of sp³-hybridized carbons (Fsp3) is 0.409. The van der Waals surface area contributed by atoms with Crippen LogP contribution in [0, 0.1) is 0 Å². The number of hydrogen-bond donors (Lipinski definition) is 1. The average Bonchev–Trinajstić information content (AvgIpc) is 3.31. The summed E-state index contributed by atoms with van der Waals surface area (Å²) in [5, 5.41) is 3.10. The Balaban J connectivity index is 1.75. The number of aryl methyl sites for hydroxylation is 2. The summed E-state index contributed by atoms with van der Waals surface area (Å²) in [6.07, 6.45) is 3.20. The standard InChI is InChI=1S/C22H24BrNO6S/c1-4-5-12-6-8-15(14(23)10-12)30-11-17(25)24-20-19(22(27)29-3)18-13(21(26)28-2)7-9-16(18)31-20/h6,8,10,13H,4-5,7,9,11H2,1-3H3,(H,24,25). The Morgan fingerprint density at radius 3 is 2.65 bits per heavy atom. The molecule has 0 radical (unpaired) electrons. The van der Waals surface area contributed by atoms with Crippen molar-refractivity contribution in [2.24, 2.45) is 0 Å². The van der Waals surface area contributed by atoms with Gasteiger partial charge in [0.15, 0.2) is 6.61 Å². The maximum Gasteiger partial charge on any atom is 0.341 e. The van der Waals surface area contributed by atoms with Crippen molar-refractivity contribution in [1.29, 1.82) is 0 Å². The molecule has 9 heteroatoms. The molecule has 0 bridgehead atoms. The first-order chi connectivity index (χ1) is 14.9. The molecule has 0 aliphatic heterocycles. The second kappa shape index (κ2) is 10.3. The maximum atomic E-state index is 12.5. The van der Waals surface area contributed by atoms with Crippen molar-refractivity contribution in [2.75, 3.05) is 26.1 Å². The van der Waals surface area contributed by atoms with E-state index in [9.17, 15) is 14.4 Å². The van der Waals surface area contributed by atoms with Gasteiger partial charge < -0.3 is 19.5 Å². The fourth-order valence-corrected chi connectivity index (χ4v) is 5.47. The zero-order valence-corrected chi connectivity index (χ0v) is 20.0. The lowest BCUT2D eigenvalue weighted by atomic mass is 9.99. The van der Waals surface area contributed by atoms with E-state index in [4.69, 9.17) is 14.2 Å². The van der Waals surface area contributed by atoms with Crippen molar-refractivity contribution in [3.05, 3.63) is 44.2 Å². The van der Waals surface area contributed by atoms with Gasteiger partial charge in [0, 0.05) is 4.88 Å². The Labute approximate surface area is 193 Å². The maximum absolute atomic E-state index is 12.5. The molecule has 7 nitrogen and oxygen atoms in total. The van der Waals surface area contributed by atoms with Crippen LogP contribution in [0.15, 0.2) is 22.7 Å². The monoisotopic (exact) mass is 509 g/mol. The van der Waals surface area contributed by atoms with Crippen LogP contribution in [0.25, 0.3) is 0 Å². The molecule has 3 rings (SSSR count). The van der Waals surface area contributed by atoms with Crippen LogP contribution >= 0.6 is 27.3 Å². The van der Waals surface area contributed by atoms with Crippen LogP contribution < -0.4 is 10.1 Å². The zero-order chi connectivity index (χ0) is 22.5. The minimum absolute atomic E-state index is 0.217. The number of nitrogens with one attached hydrogen (secondary N) is 1. The highest BCUT2D eigenvalue weighted by molar-refractivity contribution is 9.10. The molecule has 1 aromatic carbocycles. The SMILES string of the molecule is CCCc1ccc(OCC(=O)Nc2sc3c(c2C(=O)OC)C(C(=O)OC)CC3)c(Br)c1. The van der Waals surface area contributed by atoms with Crippen molar-refractivity contribution >= 4 is 50.1 Å². The van der Waals surface area contributed by atoms with Gasteiger partial charge in [-0.3, -0.25) is 9.59 Å². The Morgan fingerprint density at radius 2 is 2.00 bits per heavy atom. The van der Waals surface area contributed by atoms with E-state index in [-0.39, 0.29) is 12.2 Å². The third kappa shape index (κ3) is 5.10. The fourth-order valence-electron chi connectivity index (χ4n) is 3.65. The van der Waals surface area contributed by atoms with E-state index in [1.54, 1.807) is 0 Å². The molecular formula is C22H24BrNO6S. The molecule has 1 aromatic heterocycles. The van der Waals surface area contributed by atoms with Gasteiger partial charge in [-0.1, -0.05) is 19.4 Å². The molecule has 1 unspecified atom stereocenters. The molecule has 1 heterocycles. The highest BCUT2D eigenvalue weighted by Crippen LogP contribution is 2.45. The Kier molecular flexibility index (Phi) is 7.72. The summed E-state index contributed by atoms with van der Waals surface area (Å²) >= 11 is 4.75. The number of thiophene rings is 1. The van der Waals surface area contributed by atoms with Crippen molar-refractivity contribution in [3.8, 4) is 5.75 Å². The summed E-state index contributed by atoms with van der Waals surface area (Å²) in [4.78, 5) is 38.0. The van der Waals surface area contributed by atoms with Gasteiger partial charge in [-0.2, -0.15) is 0 Å². The Hall–Kier alpha value is -2.39. The molecule has 166 valence electrons. The van der Waals surface area contributed by atoms with E-state index in [0.29, 0.717) is 29.2 Å². The summed E-state index contributed by atoms with van der Waals surface area (Å²) in [6, 6.07) is 5.76. The zero-order valence-electron chi connectivity index (χ0n) is 17.6. The molecule has 1 atom stereocenters. The summed E-state index contributed by atoms with van der Waals surface area (Å²) in [6.45, 7) is 1.88. The van der Waals surface area contributed by atoms with E-state index >= 15 is 0 Å². The lowest BCUT2D eigenvalue weighted by molar-refractivity contribution is -0.142. The molecule has 1 N–H and O–H groups in total. The summed E-state index contributed by atoms with van der Waals surface area (Å²) in [5.74, 6) is -1.39. The number of methoxy groups -OCH3 is 2. The Bertz CT molecular complexity index is 1000. The van der Waals surface area contributed by atoms with Crippen LogP contribution in [0.3, 0.4) is 0 Å². The lowest BCUT2D eigenvalue weighted by Crippen LogP contribution is -2.22. The van der Waals surface area contributed by atoms with Crippen LogP contribution in [-0.2, 0) is 31.9 Å². The van der Waals surface area contributed by atoms with Crippen molar-refractivity contribution < 1.29 is 28.6 Å². The number of carbonyl (C=O) groups excluding carboxylic acids is 3. The second-order valence-electron chi connectivity index (χ2n) is 7.10. The third-order valence-electron chi connectivity index (χ3n) is 5.05. The van der Waals surface area contributed by atoms with Crippen LogP contribution in [0.5, 0.6) is 5.75 Å². The average molecular weight is 510 g/mol. The predicted molar refractivity (Wildman–Crippen MR) is 121 cm³/mol. The quantitative estimate of drug-likeness (QED) is 0.527. The number of anilines is 1. The molecule has 0 saturated heterocycles. The van der Waals surface area contributed by atoms with Crippen LogP contribution in [0.4, 0.5) is 5.00 Å². The second-order valence-corrected chi connectivity index (χ2v) is 9.06. The normalized spacial score (nSPS) is 14.6. The molecule has 31 heavy (non-hydrogen) atoms. The van der Waals surface area contributed by atoms with E-state index in [1.165, 1.54) is 31.1 Å². The Morgan fingerprint density at radius 1 is 1.23 bits per heavy atom. The van der Waals surface area contributed by atoms with Gasteiger partial charge in [0.25, 0.3) is 5.91 Å². The van der Waals surface area contributed by atoms with E-state index in [0.717, 1.165) is 22.2 Å². The van der Waals surface area contributed by atoms with E-state index in [1.807, 2.05) is 18.2 Å². The number of hydrogen-bond acceptors (Lipinski definition) is 7. The van der Waals surface area contributed by atoms with Gasteiger partial charge in [0.1, 0.15) is 10.8 Å². The highest BCUT2D eigenvalue weighted by atomic mass is 79.9. The number of ether oxygens (including phenoxy) is 3. The number of esters is 2. The minimum Gasteiger partial charge on any atom is -0.483 e. The highest BCUT2D eigenvalue weighted by Gasteiger charge is 2.38. The van der Waals surface area contributed by atoms with Gasteiger partial charge in [0.05, 0.1) is 30.2 Å². The van der Waals surface area contributed by atoms with Gasteiger partial charge in [-0.15, -0.1) is 11.3 Å². The number of halogens is 1. The van der Waals surface area contributed by atoms with Crippen LogP contribution in [-0.4, -0.2) is 38.7 Å². The van der Waals surface area contributed by atoms with Crippen LogP contribution in [0.1, 0.15) is 52.0 Å². The summed E-state index contributed by atoms with van der Waals surface area (Å²) in [5.41, 5.74) is 1.99. The molecule has 0 fully saturated rings. The molecule has 1 aliphatic rings. The van der Waals surface area contributed by atoms with Crippen molar-refractivity contribution in [3.63, 3.8) is 0 Å². The first kappa shape index (κ1) is 23.3. The largest absolute Gasteiger partial charge is 0.483 e. The smallest absolute Gasteiger partial charge is 0.341 e. The first-order valence-electron chi connectivity index (χ1n) is 9.92. The molecule has 1 aliphatic carbocycles. The topological polar surface area (TPSA) is 90.9 Å². The number of fused-ring (bicyclic) bond motifs is 1. The summed E-state index contributed by atoms with van der Waals surface area (Å²) < 4.78 is 16.2. The van der Waals surface area contributed by atoms with Crippen LogP contribution in [0.2, 0.25) is 0 Å². The van der Waals surface area contributed by atoms with Gasteiger partial charge in [0.2, 0.25) is 0 Å². The third-order valence-corrected chi connectivity index (χ3v) is 6.85. The van der Waals surface area contributed by atoms with Gasteiger partial charge >= 0.3 is 11.9 Å². The van der Waals surface area contributed by atoms with E-state index < -0.39 is 23.8 Å². The van der Waals surface area contributed by atoms with Crippen molar-refractivity contribution in [2.45, 2.75) is 38.5 Å². The number of carbonyl (C=O) groups is 3. The van der Waals surface area contributed by atoms with Gasteiger partial charge in [-0.05, 0) is 58.5 Å². The predicted octanol–water partition coefficient (Wildman–Crippen LogP) is 4.47. The lowest BCUT2D eigenvalue weighted by Gasteiger charge is -2.12. The number of amides is 1. The molecule has 1 amide bonds. The minimum atomic E-state index is -0.598. The molecular weight excluding hydrogens is 486 g/mol. The van der Waals surface area contributed by atoms with E-state index in [2.05, 4.69) is 28.2 Å². The summed E-state index contributed by atoms with van der Waals surface area (Å²) in [7, 11) is 2.58. The molecule has 0 saturated carbocycles. The number of rotatable bonds is 8. The molecule has 0 spiro atoms. The first-order valence-corrected chi connectivity index (χ1v) is 11.5. The van der Waals surface area contributed by atoms with Gasteiger partial charge in [-0.25, -0.2) is 4.79 Å². The van der Waals surface area contributed by atoms with Crippen molar-refractivity contribution in [1.82, 2.24) is 0 Å². The number of benzene rings is 1.